The Bertz CT molecular complexity index is 538. The highest BCUT2D eigenvalue weighted by Crippen LogP contribution is 2.10. The quantitative estimate of drug-likeness (QED) is 0.852. The van der Waals surface area contributed by atoms with Crippen LogP contribution in [0.4, 0.5) is 0 Å². The average Bonchev–Trinajstić information content (AvgIpc) is 2.98. The minimum atomic E-state index is -0.00258. The molecular weight excluding hydrogens is 242 g/mol. The zero-order chi connectivity index (χ0) is 13.7. The van der Waals surface area contributed by atoms with Gasteiger partial charge in [0.2, 0.25) is 0 Å². The molecule has 1 heterocycles. The first-order valence-corrected chi connectivity index (χ1v) is 6.07. The van der Waals surface area contributed by atoms with E-state index in [0.717, 1.165) is 12.2 Å². The lowest BCUT2D eigenvalue weighted by atomic mass is 10.2. The summed E-state index contributed by atoms with van der Waals surface area (Å²) in [6.07, 6.45) is 3.07. The molecule has 0 bridgehead atoms. The fourth-order valence-corrected chi connectivity index (χ4v) is 1.72. The molecule has 1 N–H and O–H groups in total. The lowest BCUT2D eigenvalue weighted by Gasteiger charge is -2.17. The molecule has 2 aromatic rings. The molecule has 1 amide bonds. The maximum Gasteiger partial charge on any atom is 0.253 e. The Morgan fingerprint density at radius 3 is 3.00 bits per heavy atom. The van der Waals surface area contributed by atoms with Crippen molar-refractivity contribution in [3.63, 3.8) is 0 Å². The number of nitrogens with zero attached hydrogens (tertiary/aromatic N) is 4. The molecule has 19 heavy (non-hydrogen) atoms. The van der Waals surface area contributed by atoms with Gasteiger partial charge in [-0.3, -0.25) is 4.79 Å². The summed E-state index contributed by atoms with van der Waals surface area (Å²) in [5, 5.41) is 7.07. The normalized spacial score (nSPS) is 10.4. The largest absolute Gasteiger partial charge is 0.340 e. The third kappa shape index (κ3) is 3.17. The Morgan fingerprint density at radius 2 is 2.32 bits per heavy atom. The molecule has 2 rings (SSSR count). The maximum atomic E-state index is 12.2. The molecule has 100 valence electrons. The van der Waals surface area contributed by atoms with E-state index in [1.807, 2.05) is 25.2 Å². The van der Waals surface area contributed by atoms with Gasteiger partial charge in [-0.1, -0.05) is 6.07 Å². The second-order valence-corrected chi connectivity index (χ2v) is 4.22. The van der Waals surface area contributed by atoms with Gasteiger partial charge < -0.3 is 10.2 Å². The van der Waals surface area contributed by atoms with Gasteiger partial charge in [0, 0.05) is 25.7 Å². The SMILES string of the molecule is CNCCN(C)C(=O)c1cccc(-n2cncn2)c1. The van der Waals surface area contributed by atoms with Crippen molar-refractivity contribution in [2.45, 2.75) is 0 Å². The summed E-state index contributed by atoms with van der Waals surface area (Å²) in [5.74, 6) is -0.00258. The summed E-state index contributed by atoms with van der Waals surface area (Å²) in [5.41, 5.74) is 1.47. The standard InChI is InChI=1S/C13H17N5O/c1-14-6-7-17(2)13(19)11-4-3-5-12(8-11)18-10-15-9-16-18/h3-5,8-10,14H,6-7H2,1-2H3. The van der Waals surface area contributed by atoms with Gasteiger partial charge in [0.05, 0.1) is 5.69 Å². The van der Waals surface area contributed by atoms with Gasteiger partial charge in [-0.25, -0.2) is 9.67 Å². The van der Waals surface area contributed by atoms with E-state index in [4.69, 9.17) is 0 Å². The van der Waals surface area contributed by atoms with Crippen LogP contribution >= 0.6 is 0 Å². The van der Waals surface area contributed by atoms with Crippen molar-refractivity contribution in [1.82, 2.24) is 25.0 Å². The van der Waals surface area contributed by atoms with Gasteiger partial charge >= 0.3 is 0 Å². The molecule has 0 aliphatic heterocycles. The highest BCUT2D eigenvalue weighted by atomic mass is 16.2. The molecule has 0 fully saturated rings. The van der Waals surface area contributed by atoms with Crippen LogP contribution in [0.2, 0.25) is 0 Å². The van der Waals surface area contributed by atoms with E-state index < -0.39 is 0 Å². The van der Waals surface area contributed by atoms with E-state index in [-0.39, 0.29) is 5.91 Å². The summed E-state index contributed by atoms with van der Waals surface area (Å²) in [4.78, 5) is 17.8. The molecule has 0 unspecified atom stereocenters. The number of carbonyl (C=O) groups excluding carboxylic acids is 1. The Balaban J connectivity index is 2.17. The van der Waals surface area contributed by atoms with Crippen LogP contribution in [0.3, 0.4) is 0 Å². The Labute approximate surface area is 112 Å². The van der Waals surface area contributed by atoms with Crippen molar-refractivity contribution in [2.75, 3.05) is 27.2 Å². The van der Waals surface area contributed by atoms with Gasteiger partial charge in [0.15, 0.2) is 0 Å². The number of aromatic nitrogens is 3. The van der Waals surface area contributed by atoms with E-state index in [9.17, 15) is 4.79 Å². The molecule has 0 aliphatic rings. The Morgan fingerprint density at radius 1 is 1.47 bits per heavy atom. The average molecular weight is 259 g/mol. The fourth-order valence-electron chi connectivity index (χ4n) is 1.72. The molecule has 1 aromatic carbocycles. The van der Waals surface area contributed by atoms with Crippen LogP contribution in [0.1, 0.15) is 10.4 Å². The van der Waals surface area contributed by atoms with Crippen LogP contribution in [-0.4, -0.2) is 52.8 Å². The van der Waals surface area contributed by atoms with Crippen molar-refractivity contribution >= 4 is 5.91 Å². The van der Waals surface area contributed by atoms with E-state index in [1.165, 1.54) is 6.33 Å². The summed E-state index contributed by atoms with van der Waals surface area (Å²) in [7, 11) is 3.66. The van der Waals surface area contributed by atoms with Crippen molar-refractivity contribution in [3.05, 3.63) is 42.5 Å². The summed E-state index contributed by atoms with van der Waals surface area (Å²) in [6.45, 7) is 1.44. The molecule has 0 saturated carbocycles. The van der Waals surface area contributed by atoms with Gasteiger partial charge in [0.1, 0.15) is 12.7 Å². The smallest absolute Gasteiger partial charge is 0.253 e. The molecule has 6 heteroatoms. The second kappa shape index (κ2) is 6.10. The number of hydrogen-bond acceptors (Lipinski definition) is 4. The fraction of sp³-hybridized carbons (Fsp3) is 0.308. The van der Waals surface area contributed by atoms with E-state index in [1.54, 1.807) is 29.0 Å². The Hall–Kier alpha value is -2.21. The minimum absolute atomic E-state index is 0.00258. The second-order valence-electron chi connectivity index (χ2n) is 4.22. The van der Waals surface area contributed by atoms with Crippen LogP contribution < -0.4 is 5.32 Å². The summed E-state index contributed by atoms with van der Waals surface area (Å²) in [6, 6.07) is 7.35. The first kappa shape index (κ1) is 13.2. The topological polar surface area (TPSA) is 63.1 Å². The van der Waals surface area contributed by atoms with Gasteiger partial charge in [-0.15, -0.1) is 0 Å². The molecule has 0 saturated heterocycles. The van der Waals surface area contributed by atoms with Crippen molar-refractivity contribution in [1.29, 1.82) is 0 Å². The monoisotopic (exact) mass is 259 g/mol. The van der Waals surface area contributed by atoms with Crippen LogP contribution in [-0.2, 0) is 0 Å². The lowest BCUT2D eigenvalue weighted by Crippen LogP contribution is -2.32. The van der Waals surface area contributed by atoms with Crippen LogP contribution in [0, 0.1) is 0 Å². The molecule has 0 atom stereocenters. The predicted octanol–water partition coefficient (Wildman–Crippen LogP) is 0.559. The van der Waals surface area contributed by atoms with E-state index in [0.29, 0.717) is 12.1 Å². The first-order chi connectivity index (χ1) is 9.22. The van der Waals surface area contributed by atoms with E-state index in [2.05, 4.69) is 15.4 Å². The van der Waals surface area contributed by atoms with Gasteiger partial charge in [-0.2, -0.15) is 5.10 Å². The molecule has 0 radical (unpaired) electrons. The molecule has 0 aliphatic carbocycles. The number of nitrogens with one attached hydrogen (secondary N) is 1. The molecule has 1 aromatic heterocycles. The van der Waals surface area contributed by atoms with Crippen LogP contribution in [0.25, 0.3) is 5.69 Å². The van der Waals surface area contributed by atoms with Crippen molar-refractivity contribution in [2.24, 2.45) is 0 Å². The third-order valence-corrected chi connectivity index (χ3v) is 2.82. The number of hydrogen-bond donors (Lipinski definition) is 1. The third-order valence-electron chi connectivity index (χ3n) is 2.82. The maximum absolute atomic E-state index is 12.2. The first-order valence-electron chi connectivity index (χ1n) is 6.07. The van der Waals surface area contributed by atoms with Crippen LogP contribution in [0.15, 0.2) is 36.9 Å². The number of likely N-dealkylation sites (N-methyl/N-ethyl adjacent to an activating group) is 2. The number of rotatable bonds is 5. The molecule has 0 spiro atoms. The lowest BCUT2D eigenvalue weighted by molar-refractivity contribution is 0.0797. The van der Waals surface area contributed by atoms with Crippen molar-refractivity contribution < 1.29 is 4.79 Å². The summed E-state index contributed by atoms with van der Waals surface area (Å²) < 4.78 is 1.63. The molecule has 6 nitrogen and oxygen atoms in total. The zero-order valence-electron chi connectivity index (χ0n) is 11.1. The summed E-state index contributed by atoms with van der Waals surface area (Å²) >= 11 is 0. The minimum Gasteiger partial charge on any atom is -0.340 e. The van der Waals surface area contributed by atoms with Crippen molar-refractivity contribution in [3.8, 4) is 5.69 Å². The number of amides is 1. The predicted molar refractivity (Wildman–Crippen MR) is 72.2 cm³/mol. The number of carbonyl (C=O) groups is 1. The Kier molecular flexibility index (Phi) is 4.25. The highest BCUT2D eigenvalue weighted by molar-refractivity contribution is 5.94. The zero-order valence-corrected chi connectivity index (χ0v) is 11.1. The molecular formula is C13H17N5O. The van der Waals surface area contributed by atoms with Gasteiger partial charge in [-0.05, 0) is 25.2 Å². The van der Waals surface area contributed by atoms with Gasteiger partial charge in [0.25, 0.3) is 5.91 Å². The number of benzene rings is 1. The van der Waals surface area contributed by atoms with E-state index >= 15 is 0 Å². The highest BCUT2D eigenvalue weighted by Gasteiger charge is 2.11. The van der Waals surface area contributed by atoms with Crippen LogP contribution in [0.5, 0.6) is 0 Å².